The number of likely N-dealkylation sites (tertiary alicyclic amines) is 1. The number of carbonyl (C=O) groups excluding carboxylic acids is 1. The molecule has 0 radical (unpaired) electrons. The van der Waals surface area contributed by atoms with Crippen molar-refractivity contribution in [1.29, 1.82) is 0 Å². The standard InChI is InChI=1S/C21H22F2N4O/c1-26-19-5-3-2-4-18(19)24-20(26)13-27-10-8-14(9-11-27)21(28)25-17-7-6-15(22)12-16(17)23/h2-7,12,14H,8-11,13H2,1H3,(H,25,28). The van der Waals surface area contributed by atoms with Gasteiger partial charge in [0.05, 0.1) is 23.3 Å². The number of hydrogen-bond acceptors (Lipinski definition) is 3. The van der Waals surface area contributed by atoms with E-state index in [4.69, 9.17) is 4.98 Å². The Hall–Kier alpha value is -2.80. The lowest BCUT2D eigenvalue weighted by Gasteiger charge is -2.31. The summed E-state index contributed by atoms with van der Waals surface area (Å²) in [6.45, 7) is 2.27. The van der Waals surface area contributed by atoms with E-state index in [0.29, 0.717) is 12.8 Å². The van der Waals surface area contributed by atoms with Crippen LogP contribution in [0.3, 0.4) is 0 Å². The van der Waals surface area contributed by atoms with Crippen LogP contribution in [0, 0.1) is 17.6 Å². The van der Waals surface area contributed by atoms with Gasteiger partial charge in [-0.1, -0.05) is 12.1 Å². The number of hydrogen-bond donors (Lipinski definition) is 1. The fourth-order valence-corrected chi connectivity index (χ4v) is 3.72. The number of carbonyl (C=O) groups is 1. The number of benzene rings is 2. The molecule has 1 saturated heterocycles. The van der Waals surface area contributed by atoms with Gasteiger partial charge in [0.15, 0.2) is 0 Å². The Kier molecular flexibility index (Phi) is 5.09. The first-order valence-corrected chi connectivity index (χ1v) is 9.40. The Morgan fingerprint density at radius 2 is 1.93 bits per heavy atom. The quantitative estimate of drug-likeness (QED) is 0.746. The van der Waals surface area contributed by atoms with E-state index in [1.807, 2.05) is 25.2 Å². The lowest BCUT2D eigenvalue weighted by atomic mass is 9.95. The average molecular weight is 384 g/mol. The van der Waals surface area contributed by atoms with Gasteiger partial charge in [-0.25, -0.2) is 13.8 Å². The molecule has 1 aromatic heterocycles. The van der Waals surface area contributed by atoms with Crippen molar-refractivity contribution in [1.82, 2.24) is 14.5 Å². The maximum absolute atomic E-state index is 13.7. The van der Waals surface area contributed by atoms with E-state index < -0.39 is 11.6 Å². The van der Waals surface area contributed by atoms with Gasteiger partial charge >= 0.3 is 0 Å². The molecular weight excluding hydrogens is 362 g/mol. The van der Waals surface area contributed by atoms with E-state index in [1.54, 1.807) is 0 Å². The molecule has 2 heterocycles. The third-order valence-electron chi connectivity index (χ3n) is 5.39. The first-order chi connectivity index (χ1) is 13.5. The average Bonchev–Trinajstić information content (AvgIpc) is 3.00. The molecule has 0 saturated carbocycles. The minimum absolute atomic E-state index is 0.0218. The van der Waals surface area contributed by atoms with Crippen molar-refractivity contribution in [3.05, 3.63) is 59.9 Å². The molecule has 0 aliphatic carbocycles. The highest BCUT2D eigenvalue weighted by atomic mass is 19.1. The maximum atomic E-state index is 13.7. The Morgan fingerprint density at radius 3 is 2.64 bits per heavy atom. The number of anilines is 1. The summed E-state index contributed by atoms with van der Waals surface area (Å²) >= 11 is 0. The summed E-state index contributed by atoms with van der Waals surface area (Å²) in [5, 5.41) is 2.58. The Balaban J connectivity index is 1.35. The molecule has 0 bridgehead atoms. The second-order valence-electron chi connectivity index (χ2n) is 7.24. The van der Waals surface area contributed by atoms with Crippen LogP contribution < -0.4 is 5.32 Å². The molecule has 2 aromatic carbocycles. The van der Waals surface area contributed by atoms with E-state index in [0.717, 1.165) is 48.6 Å². The number of amides is 1. The van der Waals surface area contributed by atoms with Crippen LogP contribution in [-0.2, 0) is 18.4 Å². The minimum atomic E-state index is -0.757. The van der Waals surface area contributed by atoms with Crippen LogP contribution >= 0.6 is 0 Å². The van der Waals surface area contributed by atoms with Crippen LogP contribution in [0.15, 0.2) is 42.5 Å². The van der Waals surface area contributed by atoms with Crippen molar-refractivity contribution >= 4 is 22.6 Å². The largest absolute Gasteiger partial charge is 0.330 e. The number of piperidine rings is 1. The number of fused-ring (bicyclic) bond motifs is 1. The van der Waals surface area contributed by atoms with Gasteiger partial charge in [-0.3, -0.25) is 9.69 Å². The van der Waals surface area contributed by atoms with Gasteiger partial charge in [0.1, 0.15) is 17.5 Å². The van der Waals surface area contributed by atoms with Crippen molar-refractivity contribution in [2.24, 2.45) is 13.0 Å². The molecular formula is C21H22F2N4O. The van der Waals surface area contributed by atoms with Gasteiger partial charge in [0.25, 0.3) is 0 Å². The highest BCUT2D eigenvalue weighted by molar-refractivity contribution is 5.92. The molecule has 4 rings (SSSR count). The van der Waals surface area contributed by atoms with Gasteiger partial charge in [0, 0.05) is 19.0 Å². The predicted octanol–water partition coefficient (Wildman–Crippen LogP) is 3.70. The molecule has 28 heavy (non-hydrogen) atoms. The van der Waals surface area contributed by atoms with E-state index in [2.05, 4.69) is 20.9 Å². The third kappa shape index (κ3) is 3.75. The summed E-state index contributed by atoms with van der Waals surface area (Å²) in [6.07, 6.45) is 1.39. The molecule has 1 N–H and O–H groups in total. The summed E-state index contributed by atoms with van der Waals surface area (Å²) in [5.74, 6) is -0.815. The SMILES string of the molecule is Cn1c(CN2CCC(C(=O)Nc3ccc(F)cc3F)CC2)nc2ccccc21. The molecule has 0 atom stereocenters. The predicted molar refractivity (Wildman–Crippen MR) is 104 cm³/mol. The van der Waals surface area contributed by atoms with E-state index in [-0.39, 0.29) is 17.5 Å². The van der Waals surface area contributed by atoms with E-state index in [1.165, 1.54) is 6.07 Å². The Bertz CT molecular complexity index is 1010. The molecule has 1 amide bonds. The molecule has 1 aliphatic rings. The zero-order valence-corrected chi connectivity index (χ0v) is 15.7. The number of para-hydroxylation sites is 2. The second kappa shape index (κ2) is 7.67. The van der Waals surface area contributed by atoms with Gasteiger partial charge in [-0.15, -0.1) is 0 Å². The number of imidazole rings is 1. The highest BCUT2D eigenvalue weighted by Gasteiger charge is 2.26. The van der Waals surface area contributed by atoms with Gasteiger partial charge < -0.3 is 9.88 Å². The lowest BCUT2D eigenvalue weighted by Crippen LogP contribution is -2.38. The number of aryl methyl sites for hydroxylation is 1. The van der Waals surface area contributed by atoms with Crippen LogP contribution in [0.25, 0.3) is 11.0 Å². The lowest BCUT2D eigenvalue weighted by molar-refractivity contribution is -0.121. The number of halogens is 2. The van der Waals surface area contributed by atoms with Crippen LogP contribution in [0.2, 0.25) is 0 Å². The summed E-state index contributed by atoms with van der Waals surface area (Å²) < 4.78 is 28.8. The normalized spacial score (nSPS) is 15.8. The van der Waals surface area contributed by atoms with Gasteiger partial charge in [0.2, 0.25) is 5.91 Å². The summed E-state index contributed by atoms with van der Waals surface area (Å²) in [6, 6.07) is 11.2. The number of nitrogens with one attached hydrogen (secondary N) is 1. The van der Waals surface area contributed by atoms with Crippen LogP contribution in [0.5, 0.6) is 0 Å². The maximum Gasteiger partial charge on any atom is 0.227 e. The summed E-state index contributed by atoms with van der Waals surface area (Å²) in [5.41, 5.74) is 2.11. The van der Waals surface area contributed by atoms with Crippen molar-refractivity contribution < 1.29 is 13.6 Å². The van der Waals surface area contributed by atoms with Crippen molar-refractivity contribution in [2.75, 3.05) is 18.4 Å². The van der Waals surface area contributed by atoms with Crippen molar-refractivity contribution in [3.63, 3.8) is 0 Å². The fourth-order valence-electron chi connectivity index (χ4n) is 3.72. The zero-order chi connectivity index (χ0) is 19.7. The molecule has 0 spiro atoms. The Morgan fingerprint density at radius 1 is 1.18 bits per heavy atom. The highest BCUT2D eigenvalue weighted by Crippen LogP contribution is 2.23. The van der Waals surface area contributed by atoms with Gasteiger partial charge in [-0.2, -0.15) is 0 Å². The smallest absolute Gasteiger partial charge is 0.227 e. The molecule has 146 valence electrons. The zero-order valence-electron chi connectivity index (χ0n) is 15.7. The summed E-state index contributed by atoms with van der Waals surface area (Å²) in [7, 11) is 2.02. The van der Waals surface area contributed by atoms with Gasteiger partial charge in [-0.05, 0) is 50.2 Å². The van der Waals surface area contributed by atoms with E-state index >= 15 is 0 Å². The number of rotatable bonds is 4. The molecule has 0 unspecified atom stereocenters. The fraction of sp³-hybridized carbons (Fsp3) is 0.333. The topological polar surface area (TPSA) is 50.2 Å². The molecule has 7 heteroatoms. The third-order valence-corrected chi connectivity index (χ3v) is 5.39. The monoisotopic (exact) mass is 384 g/mol. The molecule has 3 aromatic rings. The Labute approximate surface area is 162 Å². The summed E-state index contributed by atoms with van der Waals surface area (Å²) in [4.78, 5) is 19.4. The first kappa shape index (κ1) is 18.6. The minimum Gasteiger partial charge on any atom is -0.330 e. The van der Waals surface area contributed by atoms with Crippen LogP contribution in [0.1, 0.15) is 18.7 Å². The number of aromatic nitrogens is 2. The van der Waals surface area contributed by atoms with Crippen molar-refractivity contribution in [2.45, 2.75) is 19.4 Å². The second-order valence-corrected chi connectivity index (χ2v) is 7.24. The first-order valence-electron chi connectivity index (χ1n) is 9.40. The van der Waals surface area contributed by atoms with Crippen molar-refractivity contribution in [3.8, 4) is 0 Å². The molecule has 1 aliphatic heterocycles. The number of nitrogens with zero attached hydrogens (tertiary/aromatic N) is 3. The molecule has 5 nitrogen and oxygen atoms in total. The molecule has 1 fully saturated rings. The van der Waals surface area contributed by atoms with Crippen LogP contribution in [-0.4, -0.2) is 33.4 Å². The van der Waals surface area contributed by atoms with Crippen LogP contribution in [0.4, 0.5) is 14.5 Å². The van der Waals surface area contributed by atoms with E-state index in [9.17, 15) is 13.6 Å².